The van der Waals surface area contributed by atoms with E-state index in [1.807, 2.05) is 4.90 Å². The summed E-state index contributed by atoms with van der Waals surface area (Å²) in [6.45, 7) is 4.31. The van der Waals surface area contributed by atoms with Crippen molar-refractivity contribution in [3.05, 3.63) is 0 Å². The maximum absolute atomic E-state index is 12.3. The Balaban J connectivity index is 2.14. The van der Waals surface area contributed by atoms with Gasteiger partial charge >= 0.3 is 0 Å². The average Bonchev–Trinajstić information content (AvgIpc) is 2.75. The predicted octanol–water partition coefficient (Wildman–Crippen LogP) is 2.33. The third-order valence-electron chi connectivity index (χ3n) is 4.07. The van der Waals surface area contributed by atoms with Crippen LogP contribution in [0.5, 0.6) is 0 Å². The van der Waals surface area contributed by atoms with Gasteiger partial charge in [-0.05, 0) is 45.4 Å². The summed E-state index contributed by atoms with van der Waals surface area (Å²) in [5, 5.41) is 9.04. The zero-order valence-corrected chi connectivity index (χ0v) is 10.2. The van der Waals surface area contributed by atoms with Crippen LogP contribution in [-0.4, -0.2) is 23.4 Å². The van der Waals surface area contributed by atoms with Crippen LogP contribution in [-0.2, 0) is 4.79 Å². The topological polar surface area (TPSA) is 44.1 Å². The van der Waals surface area contributed by atoms with Gasteiger partial charge in [-0.3, -0.25) is 4.79 Å². The number of rotatable bonds is 1. The van der Waals surface area contributed by atoms with E-state index in [9.17, 15) is 4.79 Å². The summed E-state index contributed by atoms with van der Waals surface area (Å²) in [6.07, 6.45) is 6.02. The smallest absolute Gasteiger partial charge is 0.242 e. The van der Waals surface area contributed by atoms with Crippen molar-refractivity contribution < 1.29 is 4.79 Å². The molecule has 2 aliphatic rings. The molecule has 1 aliphatic heterocycles. The molecule has 0 N–H and O–H groups in total. The van der Waals surface area contributed by atoms with Gasteiger partial charge in [-0.15, -0.1) is 0 Å². The Morgan fingerprint density at radius 1 is 1.31 bits per heavy atom. The monoisotopic (exact) mass is 220 g/mol. The fraction of sp³-hybridized carbons (Fsp3) is 0.846. The first-order valence-corrected chi connectivity index (χ1v) is 6.28. The third-order valence-corrected chi connectivity index (χ3v) is 4.07. The minimum absolute atomic E-state index is 0.0339. The summed E-state index contributed by atoms with van der Waals surface area (Å²) in [5.74, 6) is 0.735. The molecule has 0 radical (unpaired) electrons. The highest BCUT2D eigenvalue weighted by Crippen LogP contribution is 2.38. The SMILES string of the molecule is CC(C)(C#N)C(=O)N1CCCC2CCCC21. The van der Waals surface area contributed by atoms with Crippen molar-refractivity contribution in [2.45, 2.75) is 52.0 Å². The molecule has 2 rings (SSSR count). The zero-order valence-electron chi connectivity index (χ0n) is 10.2. The molecule has 0 aromatic heterocycles. The van der Waals surface area contributed by atoms with Gasteiger partial charge in [0.2, 0.25) is 5.91 Å². The lowest BCUT2D eigenvalue weighted by atomic mass is 9.87. The summed E-state index contributed by atoms with van der Waals surface area (Å²) in [7, 11) is 0. The average molecular weight is 220 g/mol. The third kappa shape index (κ3) is 1.81. The minimum Gasteiger partial charge on any atom is -0.338 e. The van der Waals surface area contributed by atoms with E-state index >= 15 is 0 Å². The number of nitriles is 1. The van der Waals surface area contributed by atoms with Crippen molar-refractivity contribution in [1.29, 1.82) is 5.26 Å². The molecule has 0 aromatic carbocycles. The van der Waals surface area contributed by atoms with Crippen LogP contribution >= 0.6 is 0 Å². The Labute approximate surface area is 97.4 Å². The highest BCUT2D eigenvalue weighted by Gasteiger charge is 2.41. The number of fused-ring (bicyclic) bond motifs is 1. The van der Waals surface area contributed by atoms with E-state index in [4.69, 9.17) is 5.26 Å². The van der Waals surface area contributed by atoms with Crippen molar-refractivity contribution in [1.82, 2.24) is 4.90 Å². The molecule has 1 heterocycles. The number of carbonyl (C=O) groups is 1. The fourth-order valence-corrected chi connectivity index (χ4v) is 3.11. The number of nitrogens with zero attached hydrogens (tertiary/aromatic N) is 2. The van der Waals surface area contributed by atoms with Gasteiger partial charge in [-0.25, -0.2) is 0 Å². The van der Waals surface area contributed by atoms with Crippen molar-refractivity contribution in [2.75, 3.05) is 6.54 Å². The van der Waals surface area contributed by atoms with Gasteiger partial charge in [0.05, 0.1) is 6.07 Å². The summed E-state index contributed by atoms with van der Waals surface area (Å²) in [6, 6.07) is 2.55. The normalized spacial score (nSPS) is 29.7. The van der Waals surface area contributed by atoms with E-state index in [0.717, 1.165) is 19.4 Å². The second-order valence-electron chi connectivity index (χ2n) is 5.64. The minimum atomic E-state index is -0.857. The first kappa shape index (κ1) is 11.4. The molecule has 1 aliphatic carbocycles. The Hall–Kier alpha value is -1.04. The number of likely N-dealkylation sites (tertiary alicyclic amines) is 1. The molecule has 16 heavy (non-hydrogen) atoms. The highest BCUT2D eigenvalue weighted by molar-refractivity contribution is 5.85. The summed E-state index contributed by atoms with van der Waals surface area (Å²) < 4.78 is 0. The predicted molar refractivity (Wildman–Crippen MR) is 61.5 cm³/mol. The molecule has 88 valence electrons. The molecule has 1 saturated carbocycles. The van der Waals surface area contributed by atoms with E-state index in [1.54, 1.807) is 13.8 Å². The maximum atomic E-state index is 12.3. The Morgan fingerprint density at radius 2 is 2.00 bits per heavy atom. The van der Waals surface area contributed by atoms with E-state index in [1.165, 1.54) is 19.3 Å². The lowest BCUT2D eigenvalue weighted by Gasteiger charge is -2.40. The van der Waals surface area contributed by atoms with E-state index in [-0.39, 0.29) is 5.91 Å². The lowest BCUT2D eigenvalue weighted by molar-refractivity contribution is -0.142. The number of amides is 1. The molecule has 0 aromatic rings. The second kappa shape index (κ2) is 4.08. The van der Waals surface area contributed by atoms with Crippen molar-refractivity contribution >= 4 is 5.91 Å². The van der Waals surface area contributed by atoms with Crippen LogP contribution in [0.4, 0.5) is 0 Å². The van der Waals surface area contributed by atoms with Crippen LogP contribution < -0.4 is 0 Å². The fourth-order valence-electron chi connectivity index (χ4n) is 3.11. The van der Waals surface area contributed by atoms with Gasteiger partial charge < -0.3 is 4.90 Å². The lowest BCUT2D eigenvalue weighted by Crippen LogP contribution is -2.50. The van der Waals surface area contributed by atoms with Gasteiger partial charge in [0.25, 0.3) is 0 Å². The standard InChI is InChI=1S/C13H20N2O/c1-13(2,9-14)12(16)15-8-4-6-10-5-3-7-11(10)15/h10-11H,3-8H2,1-2H3. The summed E-state index contributed by atoms with van der Waals surface area (Å²) in [4.78, 5) is 14.3. The van der Waals surface area contributed by atoms with E-state index in [0.29, 0.717) is 12.0 Å². The van der Waals surface area contributed by atoms with Crippen LogP contribution in [0.25, 0.3) is 0 Å². The van der Waals surface area contributed by atoms with Crippen molar-refractivity contribution in [3.8, 4) is 6.07 Å². The van der Waals surface area contributed by atoms with Crippen molar-refractivity contribution in [3.63, 3.8) is 0 Å². The summed E-state index contributed by atoms with van der Waals surface area (Å²) in [5.41, 5.74) is -0.857. The van der Waals surface area contributed by atoms with Crippen LogP contribution in [0.1, 0.15) is 46.0 Å². The van der Waals surface area contributed by atoms with Crippen LogP contribution in [0.2, 0.25) is 0 Å². The molecule has 1 saturated heterocycles. The molecular formula is C13H20N2O. The Kier molecular flexibility index (Phi) is 2.92. The van der Waals surface area contributed by atoms with Gasteiger partial charge in [-0.2, -0.15) is 5.26 Å². The number of piperidine rings is 1. The molecule has 0 spiro atoms. The molecule has 1 amide bonds. The number of carbonyl (C=O) groups excluding carboxylic acids is 1. The number of hydrogen-bond donors (Lipinski definition) is 0. The van der Waals surface area contributed by atoms with E-state index in [2.05, 4.69) is 6.07 Å². The first-order valence-electron chi connectivity index (χ1n) is 6.28. The number of hydrogen-bond acceptors (Lipinski definition) is 2. The van der Waals surface area contributed by atoms with Gasteiger partial charge in [0, 0.05) is 12.6 Å². The van der Waals surface area contributed by atoms with Crippen LogP contribution in [0, 0.1) is 22.7 Å². The molecule has 3 heteroatoms. The van der Waals surface area contributed by atoms with E-state index < -0.39 is 5.41 Å². The zero-order chi connectivity index (χ0) is 11.8. The molecule has 3 nitrogen and oxygen atoms in total. The van der Waals surface area contributed by atoms with Gasteiger partial charge in [0.1, 0.15) is 5.41 Å². The Bertz CT molecular complexity index is 329. The molecule has 2 unspecified atom stereocenters. The quantitative estimate of drug-likeness (QED) is 0.680. The maximum Gasteiger partial charge on any atom is 0.242 e. The largest absolute Gasteiger partial charge is 0.338 e. The van der Waals surface area contributed by atoms with Gasteiger partial charge in [-0.1, -0.05) is 6.42 Å². The van der Waals surface area contributed by atoms with Crippen LogP contribution in [0.15, 0.2) is 0 Å². The Morgan fingerprint density at radius 3 is 2.69 bits per heavy atom. The molecule has 0 bridgehead atoms. The second-order valence-corrected chi connectivity index (χ2v) is 5.64. The van der Waals surface area contributed by atoms with Crippen LogP contribution in [0.3, 0.4) is 0 Å². The molecule has 2 fully saturated rings. The van der Waals surface area contributed by atoms with Crippen molar-refractivity contribution in [2.24, 2.45) is 11.3 Å². The first-order chi connectivity index (χ1) is 7.56. The van der Waals surface area contributed by atoms with Gasteiger partial charge in [0.15, 0.2) is 0 Å². The summed E-state index contributed by atoms with van der Waals surface area (Å²) >= 11 is 0. The highest BCUT2D eigenvalue weighted by atomic mass is 16.2. The molecule has 2 atom stereocenters. The molecular weight excluding hydrogens is 200 g/mol.